The maximum Gasteiger partial charge on any atom is 0.0551 e. The molecule has 122 valence electrons. The third kappa shape index (κ3) is 3.56. The summed E-state index contributed by atoms with van der Waals surface area (Å²) in [6, 6.07) is 13.7. The van der Waals surface area contributed by atoms with Crippen LogP contribution in [0.1, 0.15) is 46.1 Å². The topological polar surface area (TPSA) is 3.24 Å². The van der Waals surface area contributed by atoms with Crippen molar-refractivity contribution in [2.24, 2.45) is 0 Å². The molecule has 0 bridgehead atoms. The summed E-state index contributed by atoms with van der Waals surface area (Å²) >= 11 is 3.84. The van der Waals surface area contributed by atoms with Gasteiger partial charge < -0.3 is 4.90 Å². The van der Waals surface area contributed by atoms with Crippen LogP contribution in [0, 0.1) is 0 Å². The number of nitrogens with zero attached hydrogens (tertiary/aromatic N) is 1. The minimum atomic E-state index is 0.238. The highest BCUT2D eigenvalue weighted by Crippen LogP contribution is 2.49. The summed E-state index contributed by atoms with van der Waals surface area (Å²) in [5.41, 5.74) is 4.02. The molecule has 0 aromatic heterocycles. The van der Waals surface area contributed by atoms with Gasteiger partial charge in [-0.15, -0.1) is 11.8 Å². The molecule has 0 unspecified atom stereocenters. The molecule has 3 rings (SSSR count). The van der Waals surface area contributed by atoms with Crippen molar-refractivity contribution in [1.29, 1.82) is 0 Å². The van der Waals surface area contributed by atoms with Crippen molar-refractivity contribution in [1.82, 2.24) is 0 Å². The molecule has 2 aromatic rings. The molecule has 0 radical (unpaired) electrons. The van der Waals surface area contributed by atoms with Gasteiger partial charge in [-0.1, -0.05) is 52.4 Å². The fourth-order valence-electron chi connectivity index (χ4n) is 2.77. The number of anilines is 2. The van der Waals surface area contributed by atoms with Crippen LogP contribution >= 0.6 is 23.5 Å². The van der Waals surface area contributed by atoms with Crippen LogP contribution in [0.5, 0.6) is 0 Å². The summed E-state index contributed by atoms with van der Waals surface area (Å²) in [6.45, 7) is 11.3. The Bertz CT molecular complexity index is 729. The molecule has 0 saturated carbocycles. The van der Waals surface area contributed by atoms with Crippen LogP contribution in [-0.4, -0.2) is 11.8 Å². The van der Waals surface area contributed by atoms with E-state index in [2.05, 4.69) is 83.0 Å². The summed E-state index contributed by atoms with van der Waals surface area (Å²) in [5.74, 6) is 0.565. The average molecular weight is 344 g/mol. The van der Waals surface area contributed by atoms with E-state index in [0.717, 1.165) is 0 Å². The third-order valence-corrected chi connectivity index (χ3v) is 6.14. The minimum absolute atomic E-state index is 0.238. The lowest BCUT2D eigenvalue weighted by molar-refractivity contribution is 0.802. The van der Waals surface area contributed by atoms with Gasteiger partial charge in [-0.2, -0.15) is 0 Å². The van der Waals surface area contributed by atoms with Crippen molar-refractivity contribution in [2.45, 2.75) is 60.0 Å². The fraction of sp³-hybridized carbons (Fsp3) is 0.400. The van der Waals surface area contributed by atoms with Gasteiger partial charge in [-0.05, 0) is 41.8 Å². The molecular weight excluding hydrogens is 318 g/mol. The Morgan fingerprint density at radius 2 is 1.57 bits per heavy atom. The Hall–Kier alpha value is -1.06. The van der Waals surface area contributed by atoms with Crippen molar-refractivity contribution in [2.75, 3.05) is 11.9 Å². The second kappa shape index (κ2) is 6.10. The first-order valence-corrected chi connectivity index (χ1v) is 9.76. The second-order valence-electron chi connectivity index (χ2n) is 7.39. The molecule has 2 aromatic carbocycles. The molecule has 0 saturated heterocycles. The number of hydrogen-bond acceptors (Lipinski definition) is 3. The third-order valence-electron chi connectivity index (χ3n) is 3.95. The van der Waals surface area contributed by atoms with Crippen molar-refractivity contribution in [3.63, 3.8) is 0 Å². The highest BCUT2D eigenvalue weighted by Gasteiger charge is 2.22. The van der Waals surface area contributed by atoms with E-state index in [4.69, 9.17) is 0 Å². The summed E-state index contributed by atoms with van der Waals surface area (Å²) in [6.07, 6.45) is 0. The van der Waals surface area contributed by atoms with Gasteiger partial charge in [0.15, 0.2) is 0 Å². The molecule has 1 heterocycles. The molecule has 0 amide bonds. The quantitative estimate of drug-likeness (QED) is 0.544. The summed E-state index contributed by atoms with van der Waals surface area (Å²) in [5, 5.41) is 0. The van der Waals surface area contributed by atoms with E-state index in [1.54, 1.807) is 0 Å². The molecule has 23 heavy (non-hydrogen) atoms. The number of benzene rings is 2. The van der Waals surface area contributed by atoms with Gasteiger partial charge in [0.05, 0.1) is 11.4 Å². The largest absolute Gasteiger partial charge is 0.343 e. The van der Waals surface area contributed by atoms with Crippen molar-refractivity contribution in [3.8, 4) is 0 Å². The van der Waals surface area contributed by atoms with Crippen LogP contribution in [0.25, 0.3) is 0 Å². The summed E-state index contributed by atoms with van der Waals surface area (Å²) < 4.78 is 0.238. The Morgan fingerprint density at radius 1 is 0.957 bits per heavy atom. The van der Waals surface area contributed by atoms with Gasteiger partial charge in [-0.25, -0.2) is 0 Å². The molecular formula is C20H25NS2. The van der Waals surface area contributed by atoms with E-state index in [1.165, 1.54) is 31.6 Å². The fourth-order valence-corrected chi connectivity index (χ4v) is 5.10. The van der Waals surface area contributed by atoms with Gasteiger partial charge in [0.1, 0.15) is 0 Å². The molecule has 1 aliphatic rings. The molecule has 1 nitrogen and oxygen atoms in total. The maximum atomic E-state index is 2.35. The zero-order chi connectivity index (χ0) is 16.8. The highest BCUT2D eigenvalue weighted by atomic mass is 32.2. The van der Waals surface area contributed by atoms with Crippen LogP contribution in [0.4, 0.5) is 11.4 Å². The second-order valence-corrected chi connectivity index (χ2v) is 10.4. The number of hydrogen-bond donors (Lipinski definition) is 0. The highest BCUT2D eigenvalue weighted by molar-refractivity contribution is 8.01. The van der Waals surface area contributed by atoms with Gasteiger partial charge in [0, 0.05) is 26.5 Å². The van der Waals surface area contributed by atoms with E-state index >= 15 is 0 Å². The zero-order valence-corrected chi connectivity index (χ0v) is 16.4. The number of fused-ring (bicyclic) bond motifs is 2. The predicted molar refractivity (Wildman–Crippen MR) is 105 cm³/mol. The van der Waals surface area contributed by atoms with Crippen LogP contribution < -0.4 is 4.90 Å². The Balaban J connectivity index is 1.98. The molecule has 0 atom stereocenters. The summed E-state index contributed by atoms with van der Waals surface area (Å²) in [7, 11) is 2.17. The van der Waals surface area contributed by atoms with Crippen LogP contribution in [0.3, 0.4) is 0 Å². The van der Waals surface area contributed by atoms with Crippen molar-refractivity contribution < 1.29 is 0 Å². The van der Waals surface area contributed by atoms with Crippen LogP contribution in [0.15, 0.2) is 51.1 Å². The molecule has 0 fully saturated rings. The first-order chi connectivity index (χ1) is 10.7. The molecule has 3 heteroatoms. The molecule has 1 aliphatic heterocycles. The molecule has 0 N–H and O–H groups in total. The van der Waals surface area contributed by atoms with Crippen molar-refractivity contribution >= 4 is 34.9 Å². The normalized spacial score (nSPS) is 14.0. The lowest BCUT2D eigenvalue weighted by Crippen LogP contribution is -2.15. The van der Waals surface area contributed by atoms with E-state index in [-0.39, 0.29) is 4.75 Å². The van der Waals surface area contributed by atoms with Gasteiger partial charge >= 0.3 is 0 Å². The van der Waals surface area contributed by atoms with Crippen LogP contribution in [-0.2, 0) is 0 Å². The van der Waals surface area contributed by atoms with E-state index in [1.807, 2.05) is 23.5 Å². The monoisotopic (exact) mass is 343 g/mol. The molecule has 0 spiro atoms. The van der Waals surface area contributed by atoms with Gasteiger partial charge in [-0.3, -0.25) is 0 Å². The van der Waals surface area contributed by atoms with E-state index < -0.39 is 0 Å². The Kier molecular flexibility index (Phi) is 4.45. The van der Waals surface area contributed by atoms with Crippen molar-refractivity contribution in [3.05, 3.63) is 42.0 Å². The maximum absolute atomic E-state index is 2.35. The Morgan fingerprint density at radius 3 is 2.17 bits per heavy atom. The Labute approximate surface area is 148 Å². The van der Waals surface area contributed by atoms with Gasteiger partial charge in [0.25, 0.3) is 0 Å². The average Bonchev–Trinajstić information content (AvgIpc) is 2.44. The van der Waals surface area contributed by atoms with Crippen LogP contribution in [0.2, 0.25) is 0 Å². The van der Waals surface area contributed by atoms with Gasteiger partial charge in [0.2, 0.25) is 0 Å². The molecule has 0 aliphatic carbocycles. The first-order valence-electron chi connectivity index (χ1n) is 8.13. The lowest BCUT2D eigenvalue weighted by atomic mass is 10.0. The van der Waals surface area contributed by atoms with E-state index in [0.29, 0.717) is 5.92 Å². The lowest BCUT2D eigenvalue weighted by Gasteiger charge is -2.30. The summed E-state index contributed by atoms with van der Waals surface area (Å²) in [4.78, 5) is 6.39. The zero-order valence-electron chi connectivity index (χ0n) is 14.8. The van der Waals surface area contributed by atoms with E-state index in [9.17, 15) is 0 Å². The number of rotatable bonds is 2. The minimum Gasteiger partial charge on any atom is -0.343 e. The number of thioether (sulfide) groups is 1. The first kappa shape index (κ1) is 16.8. The SMILES string of the molecule is CC(C)c1ccc2c(c1)Sc1cc(SC(C)(C)C)ccc1N2C. The standard InChI is InChI=1S/C20H25NS2/c1-13(2)14-7-9-16-18(11-14)22-19-12-15(23-20(3,4)5)8-10-17(19)21(16)6/h7-13H,1-6H3. The predicted octanol–water partition coefficient (Wildman–Crippen LogP) is 6.93. The smallest absolute Gasteiger partial charge is 0.0551 e.